The molecule has 2 unspecified atom stereocenters. The van der Waals surface area contributed by atoms with Gasteiger partial charge in [0, 0.05) is 0 Å². The number of methoxy groups -OCH3 is 2. The molecule has 2 atom stereocenters. The van der Waals surface area contributed by atoms with Gasteiger partial charge in [-0.2, -0.15) is 0 Å². The van der Waals surface area contributed by atoms with Crippen LogP contribution in [0.1, 0.15) is 20.7 Å². The zero-order valence-corrected chi connectivity index (χ0v) is 15.9. The van der Waals surface area contributed by atoms with Crippen LogP contribution < -0.4 is 9.47 Å². The van der Waals surface area contributed by atoms with Gasteiger partial charge in [0.25, 0.3) is 11.2 Å². The van der Waals surface area contributed by atoms with Gasteiger partial charge in [0.15, 0.2) is 0 Å². The third kappa shape index (κ3) is 3.27. The summed E-state index contributed by atoms with van der Waals surface area (Å²) in [7, 11) is 2.30. The van der Waals surface area contributed by atoms with E-state index in [9.17, 15) is 39.6 Å². The average molecular weight is 418 g/mol. The molecule has 0 aromatic heterocycles. The number of carbonyl (C=O) groups excluding carboxylic acids is 2. The maximum Gasteiger partial charge on any atom is 0.348 e. The van der Waals surface area contributed by atoms with Crippen LogP contribution in [0.15, 0.2) is 48.5 Å². The van der Waals surface area contributed by atoms with E-state index in [2.05, 4.69) is 0 Å². The predicted molar refractivity (Wildman–Crippen MR) is 99.8 cm³/mol. The number of rotatable bonds is 9. The van der Waals surface area contributed by atoms with E-state index in [0.717, 1.165) is 26.4 Å². The molecule has 0 aliphatic heterocycles. The summed E-state index contributed by atoms with van der Waals surface area (Å²) in [6.45, 7) is 0. The highest BCUT2D eigenvalue weighted by atomic mass is 16.5. The molecule has 0 heterocycles. The Balaban J connectivity index is 2.80. The molecule has 10 nitrogen and oxygen atoms in total. The second kappa shape index (κ2) is 8.31. The summed E-state index contributed by atoms with van der Waals surface area (Å²) in [5.41, 5.74) is -9.33. The number of carboxylic acid groups (broad SMARTS) is 2. The van der Waals surface area contributed by atoms with Gasteiger partial charge < -0.3 is 29.9 Å². The molecular formula is C20H18O10. The Morgan fingerprint density at radius 3 is 1.23 bits per heavy atom. The molecule has 0 saturated heterocycles. The summed E-state index contributed by atoms with van der Waals surface area (Å²) in [6, 6.07) is 10.0. The summed E-state index contributed by atoms with van der Waals surface area (Å²) in [4.78, 5) is 49.9. The molecule has 30 heavy (non-hydrogen) atoms. The molecular weight excluding hydrogens is 400 g/mol. The Kier molecular flexibility index (Phi) is 6.24. The number of carbonyl (C=O) groups is 4. The number of benzene rings is 2. The number of para-hydroxylation sites is 2. The quantitative estimate of drug-likeness (QED) is 0.330. The summed E-state index contributed by atoms with van der Waals surface area (Å²) in [5, 5.41) is 40.9. The van der Waals surface area contributed by atoms with E-state index < -0.39 is 45.8 Å². The van der Waals surface area contributed by atoms with Crippen molar-refractivity contribution >= 4 is 23.5 Å². The lowest BCUT2D eigenvalue weighted by Crippen LogP contribution is -2.71. The van der Waals surface area contributed by atoms with Crippen molar-refractivity contribution in [1.29, 1.82) is 0 Å². The van der Waals surface area contributed by atoms with Crippen molar-refractivity contribution in [2.75, 3.05) is 14.2 Å². The molecule has 0 spiro atoms. The van der Waals surface area contributed by atoms with Gasteiger partial charge >= 0.3 is 11.9 Å². The summed E-state index contributed by atoms with van der Waals surface area (Å²) in [6.07, 6.45) is 0. The third-order valence-corrected chi connectivity index (χ3v) is 4.50. The number of Topliss-reactive ketones (excluding diaryl/α,β-unsaturated/α-hetero) is 2. The lowest BCUT2D eigenvalue weighted by Gasteiger charge is -2.35. The zero-order chi connectivity index (χ0) is 22.7. The number of ketones is 2. The van der Waals surface area contributed by atoms with Gasteiger partial charge in [0.2, 0.25) is 11.6 Å². The minimum absolute atomic E-state index is 0.209. The molecule has 2 aromatic rings. The van der Waals surface area contributed by atoms with Gasteiger partial charge in [-0.25, -0.2) is 9.59 Å². The number of ether oxygens (including phenoxy) is 2. The molecule has 158 valence electrons. The fraction of sp³-hybridized carbons (Fsp3) is 0.200. The van der Waals surface area contributed by atoms with Crippen LogP contribution in [0.25, 0.3) is 0 Å². The van der Waals surface area contributed by atoms with E-state index in [0.29, 0.717) is 0 Å². The average Bonchev–Trinajstić information content (AvgIpc) is 2.76. The van der Waals surface area contributed by atoms with Crippen LogP contribution in [0.4, 0.5) is 0 Å². The van der Waals surface area contributed by atoms with Crippen LogP contribution in [-0.2, 0) is 9.59 Å². The van der Waals surface area contributed by atoms with Gasteiger partial charge in [0.1, 0.15) is 11.5 Å². The first-order valence-electron chi connectivity index (χ1n) is 8.34. The molecule has 4 N–H and O–H groups in total. The van der Waals surface area contributed by atoms with Crippen molar-refractivity contribution in [3.8, 4) is 11.5 Å². The van der Waals surface area contributed by atoms with E-state index >= 15 is 0 Å². The first-order chi connectivity index (χ1) is 14.1. The Morgan fingerprint density at radius 2 is 0.967 bits per heavy atom. The molecule has 10 heteroatoms. The minimum Gasteiger partial charge on any atom is -0.496 e. The maximum atomic E-state index is 13.0. The molecule has 0 aliphatic carbocycles. The Morgan fingerprint density at radius 1 is 0.667 bits per heavy atom. The van der Waals surface area contributed by atoms with Crippen molar-refractivity contribution in [2.24, 2.45) is 0 Å². The molecule has 0 aliphatic rings. The first kappa shape index (κ1) is 22.5. The van der Waals surface area contributed by atoms with Crippen molar-refractivity contribution in [3.63, 3.8) is 0 Å². The summed E-state index contributed by atoms with van der Waals surface area (Å²) >= 11 is 0. The van der Waals surface area contributed by atoms with Crippen LogP contribution in [0.5, 0.6) is 11.5 Å². The lowest BCUT2D eigenvalue weighted by atomic mass is 9.72. The highest BCUT2D eigenvalue weighted by Crippen LogP contribution is 2.35. The van der Waals surface area contributed by atoms with Crippen LogP contribution >= 0.6 is 0 Å². The fourth-order valence-electron chi connectivity index (χ4n) is 2.89. The van der Waals surface area contributed by atoms with Gasteiger partial charge in [-0.1, -0.05) is 24.3 Å². The molecule has 0 radical (unpaired) electrons. The minimum atomic E-state index is -4.11. The van der Waals surface area contributed by atoms with Gasteiger partial charge in [-0.05, 0) is 24.3 Å². The summed E-state index contributed by atoms with van der Waals surface area (Å²) in [5.74, 6) is -8.85. The molecule has 0 saturated carbocycles. The van der Waals surface area contributed by atoms with E-state index in [4.69, 9.17) is 9.47 Å². The van der Waals surface area contributed by atoms with Gasteiger partial charge in [-0.15, -0.1) is 0 Å². The van der Waals surface area contributed by atoms with Gasteiger partial charge in [-0.3, -0.25) is 9.59 Å². The zero-order valence-electron chi connectivity index (χ0n) is 15.9. The van der Waals surface area contributed by atoms with Crippen molar-refractivity contribution in [2.45, 2.75) is 11.2 Å². The van der Waals surface area contributed by atoms with Crippen LogP contribution in [0, 0.1) is 0 Å². The van der Waals surface area contributed by atoms with Crippen molar-refractivity contribution in [1.82, 2.24) is 0 Å². The number of hydrogen-bond donors (Lipinski definition) is 4. The van der Waals surface area contributed by atoms with Crippen LogP contribution in [-0.4, -0.2) is 69.4 Å². The van der Waals surface area contributed by atoms with E-state index in [-0.39, 0.29) is 11.5 Å². The normalized spacial score (nSPS) is 14.7. The Bertz CT molecular complexity index is 933. The van der Waals surface area contributed by atoms with E-state index in [1.165, 1.54) is 36.4 Å². The molecule has 2 aromatic carbocycles. The largest absolute Gasteiger partial charge is 0.496 e. The van der Waals surface area contributed by atoms with Crippen molar-refractivity contribution < 1.29 is 49.1 Å². The molecule has 0 fully saturated rings. The van der Waals surface area contributed by atoms with E-state index in [1.807, 2.05) is 0 Å². The van der Waals surface area contributed by atoms with Gasteiger partial charge in [0.05, 0.1) is 25.3 Å². The highest BCUT2D eigenvalue weighted by molar-refractivity contribution is 6.29. The number of carboxylic acids is 2. The standard InChI is InChI=1S/C20H18O10/c1-29-13-9-5-3-7-11(13)15(21)19(27,17(23)24)20(28,18(25)26)16(22)12-8-4-6-10-14(12)30-2/h3-10,27-28H,1-2H3,(H,23,24)(H,25,26). The first-order valence-corrected chi connectivity index (χ1v) is 8.34. The fourth-order valence-corrected chi connectivity index (χ4v) is 2.89. The predicted octanol–water partition coefficient (Wildman–Crippen LogP) is 0.401. The van der Waals surface area contributed by atoms with Crippen LogP contribution in [0.3, 0.4) is 0 Å². The highest BCUT2D eigenvalue weighted by Gasteiger charge is 2.70. The van der Waals surface area contributed by atoms with E-state index in [1.54, 1.807) is 0 Å². The lowest BCUT2D eigenvalue weighted by molar-refractivity contribution is -0.187. The second-order valence-corrected chi connectivity index (χ2v) is 6.09. The second-order valence-electron chi connectivity index (χ2n) is 6.09. The summed E-state index contributed by atoms with van der Waals surface area (Å²) < 4.78 is 9.87. The molecule has 2 rings (SSSR count). The maximum absolute atomic E-state index is 13.0. The topological polar surface area (TPSA) is 168 Å². The monoisotopic (exact) mass is 418 g/mol. The van der Waals surface area contributed by atoms with Crippen LogP contribution in [0.2, 0.25) is 0 Å². The van der Waals surface area contributed by atoms with Crippen molar-refractivity contribution in [3.05, 3.63) is 59.7 Å². The molecule has 0 bridgehead atoms. The number of aliphatic carboxylic acids is 2. The Labute approximate surface area is 169 Å². The number of aliphatic hydroxyl groups is 2. The Hall–Kier alpha value is -3.76. The SMILES string of the molecule is COc1ccccc1C(=O)C(O)(C(=O)O)C(O)(C(=O)O)C(=O)c1ccccc1OC. The molecule has 0 amide bonds. The smallest absolute Gasteiger partial charge is 0.348 e. The third-order valence-electron chi connectivity index (χ3n) is 4.50. The number of hydrogen-bond acceptors (Lipinski definition) is 8.